The first kappa shape index (κ1) is 30.6. The Bertz CT molecular complexity index is 1260. The highest BCUT2D eigenvalue weighted by atomic mass is 19.4. The average Bonchev–Trinajstić information content (AvgIpc) is 3.59. The fourth-order valence-electron chi connectivity index (χ4n) is 4.42. The summed E-state index contributed by atoms with van der Waals surface area (Å²) in [6.45, 7) is 7.30. The van der Waals surface area contributed by atoms with Crippen molar-refractivity contribution >= 4 is 17.8 Å². The Labute approximate surface area is 228 Å². The molecule has 0 spiro atoms. The van der Waals surface area contributed by atoms with Crippen molar-refractivity contribution in [2.24, 2.45) is 5.41 Å². The first-order valence-electron chi connectivity index (χ1n) is 12.8. The molecule has 0 saturated carbocycles. The molecule has 3 aromatic rings. The molecule has 2 aromatic heterocycles. The molecule has 0 radical (unpaired) electrons. The molecule has 2 heterocycles. The number of hydrogen-bond acceptors (Lipinski definition) is 8. The van der Waals surface area contributed by atoms with Crippen LogP contribution < -0.4 is 10.6 Å². The minimum Gasteiger partial charge on any atom is -0.450 e. The second kappa shape index (κ2) is 12.5. The highest BCUT2D eigenvalue weighted by molar-refractivity contribution is 5.94. The number of hydrogen-bond donors (Lipinski definition) is 4. The standard InChI is InChI=1S/C26H33F3N6O5/c1-5-7-15-39-23(38)32-25(24(3,4)13-6-2,19(36)20(37)31-18-12-14-30-33-18)22-35-34-21(40-22)16-8-10-17(11-9-16)26(27,28)29/h8-12,14,19,36H,5-7,13,15H2,1-4H3,(H,32,38)(H2,30,31,33,37)/t19-,25-/m1/s1. The van der Waals surface area contributed by atoms with Crippen LogP contribution in [-0.4, -0.2) is 50.2 Å². The Balaban J connectivity index is 2.12. The molecular weight excluding hydrogens is 533 g/mol. The van der Waals surface area contributed by atoms with Crippen LogP contribution in [0.2, 0.25) is 0 Å². The summed E-state index contributed by atoms with van der Waals surface area (Å²) in [5, 5.41) is 31.1. The molecule has 0 bridgehead atoms. The molecule has 40 heavy (non-hydrogen) atoms. The van der Waals surface area contributed by atoms with Crippen LogP contribution in [-0.2, 0) is 21.2 Å². The van der Waals surface area contributed by atoms with Gasteiger partial charge in [0.1, 0.15) is 5.82 Å². The zero-order valence-corrected chi connectivity index (χ0v) is 22.6. The van der Waals surface area contributed by atoms with Gasteiger partial charge in [-0.05, 0) is 37.1 Å². The molecule has 1 aromatic carbocycles. The van der Waals surface area contributed by atoms with Gasteiger partial charge in [0.25, 0.3) is 5.91 Å². The maximum absolute atomic E-state index is 13.3. The Morgan fingerprint density at radius 3 is 2.38 bits per heavy atom. The third-order valence-corrected chi connectivity index (χ3v) is 6.61. The number of amides is 2. The molecule has 14 heteroatoms. The second-order valence-electron chi connectivity index (χ2n) is 9.91. The van der Waals surface area contributed by atoms with Gasteiger partial charge in [0, 0.05) is 17.0 Å². The first-order valence-corrected chi connectivity index (χ1v) is 12.8. The molecule has 0 unspecified atom stereocenters. The van der Waals surface area contributed by atoms with Gasteiger partial charge in [-0.1, -0.05) is 40.5 Å². The molecule has 2 atom stereocenters. The van der Waals surface area contributed by atoms with E-state index in [1.54, 1.807) is 13.8 Å². The number of halogens is 3. The highest BCUT2D eigenvalue weighted by Gasteiger charge is 2.59. The summed E-state index contributed by atoms with van der Waals surface area (Å²) in [5.41, 5.74) is -3.82. The summed E-state index contributed by atoms with van der Waals surface area (Å²) >= 11 is 0. The zero-order chi connectivity index (χ0) is 29.6. The summed E-state index contributed by atoms with van der Waals surface area (Å²) < 4.78 is 50.3. The summed E-state index contributed by atoms with van der Waals surface area (Å²) in [4.78, 5) is 26.4. The number of carbonyl (C=O) groups excluding carboxylic acids is 2. The Morgan fingerprint density at radius 2 is 1.80 bits per heavy atom. The van der Waals surface area contributed by atoms with E-state index < -0.39 is 40.8 Å². The van der Waals surface area contributed by atoms with Crippen molar-refractivity contribution in [2.45, 2.75) is 71.2 Å². The summed E-state index contributed by atoms with van der Waals surface area (Å²) in [5.74, 6) is -1.24. The fraction of sp³-hybridized carbons (Fsp3) is 0.500. The number of aliphatic hydroxyl groups excluding tert-OH is 1. The lowest BCUT2D eigenvalue weighted by atomic mass is 9.65. The number of aromatic nitrogens is 4. The molecule has 0 fully saturated rings. The van der Waals surface area contributed by atoms with Crippen LogP contribution in [0.15, 0.2) is 40.9 Å². The third kappa shape index (κ3) is 6.61. The number of carbonyl (C=O) groups is 2. The van der Waals surface area contributed by atoms with E-state index in [0.717, 1.165) is 30.7 Å². The van der Waals surface area contributed by atoms with Crippen LogP contribution in [0.1, 0.15) is 64.8 Å². The number of ether oxygens (including phenoxy) is 1. The number of aliphatic hydroxyl groups is 1. The van der Waals surface area contributed by atoms with Crippen molar-refractivity contribution in [1.29, 1.82) is 0 Å². The molecule has 0 aliphatic heterocycles. The first-order chi connectivity index (χ1) is 18.9. The maximum Gasteiger partial charge on any atom is 0.416 e. The molecule has 11 nitrogen and oxygen atoms in total. The number of alkyl halides is 3. The number of benzene rings is 1. The third-order valence-electron chi connectivity index (χ3n) is 6.61. The van der Waals surface area contributed by atoms with Gasteiger partial charge in [-0.2, -0.15) is 18.3 Å². The molecule has 0 saturated heterocycles. The van der Waals surface area contributed by atoms with E-state index in [-0.39, 0.29) is 29.8 Å². The largest absolute Gasteiger partial charge is 0.450 e. The number of aromatic amines is 1. The van der Waals surface area contributed by atoms with E-state index in [1.165, 1.54) is 12.3 Å². The minimum absolute atomic E-state index is 0.0870. The summed E-state index contributed by atoms with van der Waals surface area (Å²) in [6, 6.07) is 5.51. The zero-order valence-electron chi connectivity index (χ0n) is 22.6. The van der Waals surface area contributed by atoms with Crippen LogP contribution in [0.5, 0.6) is 0 Å². The van der Waals surface area contributed by atoms with Gasteiger partial charge >= 0.3 is 12.3 Å². The SMILES string of the molecule is CCCCOC(=O)N[C@@](c1nnc(-c2ccc(C(F)(F)F)cc2)o1)([C@H](O)C(=O)Nc1ccn[nH]1)C(C)(C)CCC. The van der Waals surface area contributed by atoms with Crippen LogP contribution in [0.3, 0.4) is 0 Å². The van der Waals surface area contributed by atoms with Gasteiger partial charge in [0.05, 0.1) is 18.4 Å². The fourth-order valence-corrected chi connectivity index (χ4v) is 4.42. The molecule has 3 rings (SSSR count). The number of H-pyrrole nitrogens is 1. The Hall–Kier alpha value is -3.94. The Morgan fingerprint density at radius 1 is 1.10 bits per heavy atom. The van der Waals surface area contributed by atoms with Crippen molar-refractivity contribution < 1.29 is 37.0 Å². The Kier molecular flexibility index (Phi) is 9.56. The highest BCUT2D eigenvalue weighted by Crippen LogP contribution is 2.46. The van der Waals surface area contributed by atoms with Crippen LogP contribution in [0, 0.1) is 5.41 Å². The quantitative estimate of drug-likeness (QED) is 0.223. The molecule has 0 aliphatic rings. The molecule has 218 valence electrons. The molecule has 4 N–H and O–H groups in total. The van der Waals surface area contributed by atoms with Gasteiger partial charge in [0.15, 0.2) is 11.6 Å². The smallest absolute Gasteiger partial charge is 0.416 e. The second-order valence-corrected chi connectivity index (χ2v) is 9.91. The predicted molar refractivity (Wildman–Crippen MR) is 138 cm³/mol. The van der Waals surface area contributed by atoms with Gasteiger partial charge in [-0.15, -0.1) is 10.2 Å². The van der Waals surface area contributed by atoms with E-state index in [2.05, 4.69) is 31.0 Å². The van der Waals surface area contributed by atoms with E-state index in [1.807, 2.05) is 13.8 Å². The van der Waals surface area contributed by atoms with E-state index in [0.29, 0.717) is 19.3 Å². The van der Waals surface area contributed by atoms with Crippen molar-refractivity contribution in [3.8, 4) is 11.5 Å². The van der Waals surface area contributed by atoms with E-state index >= 15 is 0 Å². The maximum atomic E-state index is 13.3. The van der Waals surface area contributed by atoms with Gasteiger partial charge in [-0.25, -0.2) is 4.79 Å². The van der Waals surface area contributed by atoms with Gasteiger partial charge in [-0.3, -0.25) is 9.89 Å². The van der Waals surface area contributed by atoms with Gasteiger partial charge in [0.2, 0.25) is 11.8 Å². The summed E-state index contributed by atoms with van der Waals surface area (Å²) in [6.07, 6.45) is -3.77. The normalized spacial score (nSPS) is 14.3. The summed E-state index contributed by atoms with van der Waals surface area (Å²) in [7, 11) is 0. The molecule has 0 aliphatic carbocycles. The predicted octanol–water partition coefficient (Wildman–Crippen LogP) is 5.03. The topological polar surface area (TPSA) is 155 Å². The van der Waals surface area contributed by atoms with Crippen molar-refractivity contribution in [2.75, 3.05) is 11.9 Å². The van der Waals surface area contributed by atoms with Crippen molar-refractivity contribution in [1.82, 2.24) is 25.7 Å². The molecular formula is C26H33F3N6O5. The minimum atomic E-state index is -4.54. The van der Waals surface area contributed by atoms with Crippen molar-refractivity contribution in [3.05, 3.63) is 48.0 Å². The number of nitrogens with zero attached hydrogens (tertiary/aromatic N) is 3. The number of nitrogens with one attached hydrogen (secondary N) is 3. The van der Waals surface area contributed by atoms with Gasteiger partial charge < -0.3 is 24.9 Å². The lowest BCUT2D eigenvalue weighted by molar-refractivity contribution is -0.137. The van der Waals surface area contributed by atoms with E-state index in [4.69, 9.17) is 9.15 Å². The number of rotatable bonds is 12. The van der Waals surface area contributed by atoms with Crippen molar-refractivity contribution in [3.63, 3.8) is 0 Å². The molecule has 2 amide bonds. The number of alkyl carbamates (subject to hydrolysis) is 1. The van der Waals surface area contributed by atoms with Crippen LogP contribution in [0.25, 0.3) is 11.5 Å². The van der Waals surface area contributed by atoms with E-state index in [9.17, 15) is 27.9 Å². The number of unbranched alkanes of at least 4 members (excludes halogenated alkanes) is 1. The average molecular weight is 567 g/mol. The lowest BCUT2D eigenvalue weighted by Crippen LogP contribution is -2.65. The lowest BCUT2D eigenvalue weighted by Gasteiger charge is -2.46. The van der Waals surface area contributed by atoms with Crippen LogP contribution >= 0.6 is 0 Å². The monoisotopic (exact) mass is 566 g/mol. The number of anilines is 1. The van der Waals surface area contributed by atoms with Crippen LogP contribution in [0.4, 0.5) is 23.8 Å².